The Balaban J connectivity index is 1.95. The maximum Gasteiger partial charge on any atom is 0.263 e. The largest absolute Gasteiger partial charge is 0.494 e. The number of hydrogen-bond donors (Lipinski definition) is 2. The molecule has 0 aliphatic heterocycles. The van der Waals surface area contributed by atoms with Gasteiger partial charge in [-0.05, 0) is 38.0 Å². The number of carbonyl (C=O) groups is 2. The predicted octanol–water partition coefficient (Wildman–Crippen LogP) is 1.92. The van der Waals surface area contributed by atoms with Crippen LogP contribution in [0, 0.1) is 12.8 Å². The number of hydrogen-bond acceptors (Lipinski definition) is 5. The summed E-state index contributed by atoms with van der Waals surface area (Å²) in [5, 5.41) is 2.77. The number of carbonyl (C=O) groups excluding carboxylic acids is 2. The van der Waals surface area contributed by atoms with Crippen molar-refractivity contribution in [1.29, 1.82) is 0 Å². The lowest BCUT2D eigenvalue weighted by molar-refractivity contribution is -0.121. The van der Waals surface area contributed by atoms with Crippen molar-refractivity contribution in [3.8, 4) is 5.75 Å². The summed E-state index contributed by atoms with van der Waals surface area (Å²) in [6.45, 7) is 4.49. The molecule has 0 saturated carbocycles. The van der Waals surface area contributed by atoms with Gasteiger partial charge in [0.15, 0.2) is 0 Å². The van der Waals surface area contributed by atoms with Crippen LogP contribution >= 0.6 is 11.3 Å². The fraction of sp³-hybridized carbons (Fsp3) is 0.353. The van der Waals surface area contributed by atoms with Crippen LogP contribution in [0.4, 0.5) is 0 Å². The average Bonchev–Trinajstić information content (AvgIpc) is 2.99. The Bertz CT molecular complexity index is 697. The summed E-state index contributed by atoms with van der Waals surface area (Å²) < 4.78 is 5.39. The molecule has 0 unspecified atom stereocenters. The fourth-order valence-corrected chi connectivity index (χ4v) is 2.98. The summed E-state index contributed by atoms with van der Waals surface area (Å²) >= 11 is 1.27. The molecule has 1 aromatic carbocycles. The summed E-state index contributed by atoms with van der Waals surface area (Å²) in [7, 11) is 0. The van der Waals surface area contributed by atoms with Gasteiger partial charge in [0, 0.05) is 6.54 Å². The molecule has 128 valence electrons. The van der Waals surface area contributed by atoms with Crippen LogP contribution in [0.2, 0.25) is 0 Å². The fourth-order valence-electron chi connectivity index (χ4n) is 2.26. The van der Waals surface area contributed by atoms with E-state index in [1.165, 1.54) is 11.3 Å². The molecule has 1 aromatic heterocycles. The van der Waals surface area contributed by atoms with Gasteiger partial charge in [-0.2, -0.15) is 0 Å². The van der Waals surface area contributed by atoms with Gasteiger partial charge in [0.25, 0.3) is 5.91 Å². The Kier molecular flexibility index (Phi) is 6.31. The van der Waals surface area contributed by atoms with Crippen LogP contribution < -0.4 is 15.8 Å². The third-order valence-corrected chi connectivity index (χ3v) is 4.51. The van der Waals surface area contributed by atoms with E-state index in [4.69, 9.17) is 10.5 Å². The summed E-state index contributed by atoms with van der Waals surface area (Å²) in [6.07, 6.45) is 0.462. The molecule has 0 fully saturated rings. The van der Waals surface area contributed by atoms with E-state index in [9.17, 15) is 9.59 Å². The average molecular weight is 347 g/mol. The molecule has 3 N–H and O–H groups in total. The van der Waals surface area contributed by atoms with Gasteiger partial charge in [0.1, 0.15) is 10.6 Å². The number of thiazole rings is 1. The molecule has 2 amide bonds. The number of benzene rings is 1. The zero-order chi connectivity index (χ0) is 17.5. The number of rotatable bonds is 8. The van der Waals surface area contributed by atoms with Crippen LogP contribution in [0.1, 0.15) is 27.9 Å². The van der Waals surface area contributed by atoms with E-state index in [0.717, 1.165) is 11.3 Å². The molecule has 2 rings (SSSR count). The maximum absolute atomic E-state index is 12.1. The highest BCUT2D eigenvalue weighted by molar-refractivity contribution is 7.11. The number of amides is 2. The predicted molar refractivity (Wildman–Crippen MR) is 93.2 cm³/mol. The van der Waals surface area contributed by atoms with Crippen LogP contribution in [-0.2, 0) is 11.2 Å². The minimum atomic E-state index is -0.472. The molecule has 1 heterocycles. The first-order chi connectivity index (χ1) is 11.5. The molecule has 24 heavy (non-hydrogen) atoms. The lowest BCUT2D eigenvalue weighted by atomic mass is 9.98. The van der Waals surface area contributed by atoms with Crippen LogP contribution in [0.25, 0.3) is 0 Å². The second-order valence-corrected chi connectivity index (χ2v) is 6.21. The number of primary amides is 1. The quantitative estimate of drug-likeness (QED) is 0.763. The lowest BCUT2D eigenvalue weighted by Gasteiger charge is -2.14. The summed E-state index contributed by atoms with van der Waals surface area (Å²) in [5.41, 5.74) is 8.74. The van der Waals surface area contributed by atoms with E-state index in [1.54, 1.807) is 12.4 Å². The number of nitrogens with zero attached hydrogens (tertiary/aromatic N) is 1. The second kappa shape index (κ2) is 8.44. The van der Waals surface area contributed by atoms with Crippen molar-refractivity contribution in [3.05, 3.63) is 45.9 Å². The minimum Gasteiger partial charge on any atom is -0.494 e. The van der Waals surface area contributed by atoms with E-state index >= 15 is 0 Å². The number of aromatic nitrogens is 1. The Morgan fingerprint density at radius 3 is 2.58 bits per heavy atom. The Hall–Kier alpha value is -2.41. The maximum atomic E-state index is 12.1. The van der Waals surface area contributed by atoms with Gasteiger partial charge < -0.3 is 15.8 Å². The van der Waals surface area contributed by atoms with E-state index in [-0.39, 0.29) is 12.5 Å². The van der Waals surface area contributed by atoms with Gasteiger partial charge in [-0.25, -0.2) is 4.98 Å². The third-order valence-electron chi connectivity index (χ3n) is 3.58. The number of nitrogens with one attached hydrogen (secondary N) is 1. The highest BCUT2D eigenvalue weighted by atomic mass is 32.1. The molecular formula is C17H21N3O3S. The van der Waals surface area contributed by atoms with Crippen LogP contribution in [0.15, 0.2) is 29.8 Å². The molecule has 7 heteroatoms. The first-order valence-electron chi connectivity index (χ1n) is 7.70. The Morgan fingerprint density at radius 1 is 1.33 bits per heavy atom. The highest BCUT2D eigenvalue weighted by Gasteiger charge is 2.19. The van der Waals surface area contributed by atoms with Crippen molar-refractivity contribution in [1.82, 2.24) is 10.3 Å². The molecule has 0 radical (unpaired) electrons. The Morgan fingerprint density at radius 2 is 2.04 bits per heavy atom. The molecule has 1 atom stereocenters. The molecule has 0 aliphatic rings. The number of nitrogens with two attached hydrogens (primary N) is 1. The van der Waals surface area contributed by atoms with Gasteiger partial charge in [-0.3, -0.25) is 9.59 Å². The van der Waals surface area contributed by atoms with E-state index < -0.39 is 11.8 Å². The number of aryl methyl sites for hydroxylation is 1. The van der Waals surface area contributed by atoms with Gasteiger partial charge in [-0.1, -0.05) is 12.1 Å². The molecule has 2 aromatic rings. The summed E-state index contributed by atoms with van der Waals surface area (Å²) in [4.78, 5) is 28.4. The second-order valence-electron chi connectivity index (χ2n) is 5.36. The van der Waals surface area contributed by atoms with E-state index in [2.05, 4.69) is 10.3 Å². The van der Waals surface area contributed by atoms with Crippen molar-refractivity contribution < 1.29 is 14.3 Å². The normalized spacial score (nSPS) is 11.8. The lowest BCUT2D eigenvalue weighted by Crippen LogP contribution is -2.37. The van der Waals surface area contributed by atoms with Gasteiger partial charge >= 0.3 is 0 Å². The van der Waals surface area contributed by atoms with E-state index in [0.29, 0.717) is 23.6 Å². The van der Waals surface area contributed by atoms with Crippen molar-refractivity contribution >= 4 is 23.2 Å². The minimum absolute atomic E-state index is 0.193. The smallest absolute Gasteiger partial charge is 0.263 e. The van der Waals surface area contributed by atoms with E-state index in [1.807, 2.05) is 31.2 Å². The van der Waals surface area contributed by atoms with Crippen molar-refractivity contribution in [2.75, 3.05) is 13.2 Å². The van der Waals surface area contributed by atoms with Crippen molar-refractivity contribution in [3.63, 3.8) is 0 Å². The standard InChI is InChI=1S/C17H21N3O3S/c1-3-23-14-6-4-12(5-7-14)8-13(16(18)21)9-19-17(22)15-11(2)20-10-24-15/h4-7,10,13H,3,8-9H2,1-2H3,(H2,18,21)(H,19,22)/t13-/m0/s1. The molecule has 0 aliphatic carbocycles. The zero-order valence-electron chi connectivity index (χ0n) is 13.7. The van der Waals surface area contributed by atoms with Crippen molar-refractivity contribution in [2.45, 2.75) is 20.3 Å². The van der Waals surface area contributed by atoms with Crippen LogP contribution in [-0.4, -0.2) is 29.9 Å². The number of ether oxygens (including phenoxy) is 1. The van der Waals surface area contributed by atoms with Gasteiger partial charge in [0.05, 0.1) is 23.7 Å². The first kappa shape index (κ1) is 17.9. The van der Waals surface area contributed by atoms with Gasteiger partial charge in [-0.15, -0.1) is 11.3 Å². The van der Waals surface area contributed by atoms with Gasteiger partial charge in [0.2, 0.25) is 5.91 Å². The first-order valence-corrected chi connectivity index (χ1v) is 8.58. The summed E-state index contributed by atoms with van der Waals surface area (Å²) in [6, 6.07) is 7.51. The molecule has 0 saturated heterocycles. The molecule has 0 bridgehead atoms. The summed E-state index contributed by atoms with van der Waals surface area (Å²) in [5.74, 6) is -0.357. The van der Waals surface area contributed by atoms with Crippen LogP contribution in [0.5, 0.6) is 5.75 Å². The third kappa shape index (κ3) is 4.79. The molecule has 6 nitrogen and oxygen atoms in total. The van der Waals surface area contributed by atoms with Crippen LogP contribution in [0.3, 0.4) is 0 Å². The van der Waals surface area contributed by atoms with Crippen molar-refractivity contribution in [2.24, 2.45) is 11.7 Å². The SMILES string of the molecule is CCOc1ccc(C[C@@H](CNC(=O)c2scnc2C)C(N)=O)cc1. The Labute approximate surface area is 145 Å². The highest BCUT2D eigenvalue weighted by Crippen LogP contribution is 2.16. The molecule has 0 spiro atoms. The zero-order valence-corrected chi connectivity index (χ0v) is 14.6. The monoisotopic (exact) mass is 347 g/mol. The topological polar surface area (TPSA) is 94.3 Å². The molecular weight excluding hydrogens is 326 g/mol.